The second-order valence-corrected chi connectivity index (χ2v) is 10.7. The van der Waals surface area contributed by atoms with E-state index in [2.05, 4.69) is 39.7 Å². The standard InChI is InChI=1S/C26H33N5OS.2ClH/c1-17-15-28-26(27-12-4-6-18-7-5-13-31(2)16-18)30-24(17)23-14-21-20(8-3-9-22(21)33-23)25(32)29-19-10-11-19;;/h3,8-9,14-15,18-19H,4-7,10-13,16H2,1-2H3,(H,29,32)(H,27,28,30);2*1H. The Morgan fingerprint density at radius 2 is 2.06 bits per heavy atom. The highest BCUT2D eigenvalue weighted by Gasteiger charge is 2.25. The van der Waals surface area contributed by atoms with E-state index in [9.17, 15) is 4.79 Å². The normalized spacial score (nSPS) is 17.9. The number of thiophene rings is 1. The minimum absolute atomic E-state index is 0. The lowest BCUT2D eigenvalue weighted by molar-refractivity contribution is 0.0953. The molecule has 190 valence electrons. The molecule has 1 aromatic carbocycles. The second kappa shape index (κ2) is 12.3. The van der Waals surface area contributed by atoms with Gasteiger partial charge in [0.25, 0.3) is 5.91 Å². The Labute approximate surface area is 224 Å². The average Bonchev–Trinajstić information content (AvgIpc) is 3.51. The highest BCUT2D eigenvalue weighted by Crippen LogP contribution is 2.36. The van der Waals surface area contributed by atoms with Crippen molar-refractivity contribution in [1.82, 2.24) is 20.2 Å². The predicted molar refractivity (Wildman–Crippen MR) is 151 cm³/mol. The third kappa shape index (κ3) is 6.85. The van der Waals surface area contributed by atoms with Crippen LogP contribution in [0.25, 0.3) is 20.7 Å². The number of rotatable bonds is 8. The Bertz CT molecular complexity index is 1150. The molecule has 1 amide bonds. The lowest BCUT2D eigenvalue weighted by Crippen LogP contribution is -2.32. The van der Waals surface area contributed by atoms with E-state index in [-0.39, 0.29) is 30.7 Å². The van der Waals surface area contributed by atoms with E-state index in [1.54, 1.807) is 11.3 Å². The summed E-state index contributed by atoms with van der Waals surface area (Å²) in [6.07, 6.45) is 9.12. The Balaban J connectivity index is 0.00000171. The van der Waals surface area contributed by atoms with E-state index in [1.807, 2.05) is 25.3 Å². The number of anilines is 1. The van der Waals surface area contributed by atoms with Gasteiger partial charge in [0, 0.05) is 41.0 Å². The van der Waals surface area contributed by atoms with Gasteiger partial charge in [0.15, 0.2) is 0 Å². The van der Waals surface area contributed by atoms with Crippen LogP contribution in [0.4, 0.5) is 5.95 Å². The van der Waals surface area contributed by atoms with Crippen LogP contribution in [0.5, 0.6) is 0 Å². The third-order valence-electron chi connectivity index (χ3n) is 6.72. The van der Waals surface area contributed by atoms with Crippen LogP contribution in [0.3, 0.4) is 0 Å². The zero-order chi connectivity index (χ0) is 22.8. The fourth-order valence-corrected chi connectivity index (χ4v) is 5.89. The van der Waals surface area contributed by atoms with E-state index in [0.717, 1.165) is 63.5 Å². The van der Waals surface area contributed by atoms with Gasteiger partial charge < -0.3 is 15.5 Å². The van der Waals surface area contributed by atoms with Crippen LogP contribution in [-0.4, -0.2) is 53.5 Å². The SMILES string of the molecule is Cc1cnc(NCCCC2CCCN(C)C2)nc1-c1cc2c(C(=O)NC3CC3)cccc2s1.Cl.Cl. The Kier molecular flexibility index (Phi) is 9.76. The maximum Gasteiger partial charge on any atom is 0.252 e. The van der Waals surface area contributed by atoms with Gasteiger partial charge in [-0.05, 0) is 88.7 Å². The van der Waals surface area contributed by atoms with Crippen LogP contribution in [0.15, 0.2) is 30.5 Å². The fraction of sp³-hybridized carbons (Fsp3) is 0.500. The van der Waals surface area contributed by atoms with Gasteiger partial charge in [0.1, 0.15) is 0 Å². The molecule has 3 heterocycles. The molecule has 2 aliphatic rings. The number of aryl methyl sites for hydroxylation is 1. The predicted octanol–water partition coefficient (Wildman–Crippen LogP) is 5.94. The number of aromatic nitrogens is 2. The molecule has 0 radical (unpaired) electrons. The number of benzene rings is 1. The van der Waals surface area contributed by atoms with Crippen molar-refractivity contribution in [2.24, 2.45) is 5.92 Å². The average molecular weight is 537 g/mol. The minimum Gasteiger partial charge on any atom is -0.354 e. The molecule has 0 bridgehead atoms. The molecule has 1 aliphatic carbocycles. The summed E-state index contributed by atoms with van der Waals surface area (Å²) in [5.74, 6) is 1.52. The van der Waals surface area contributed by atoms with Gasteiger partial charge in [-0.2, -0.15) is 0 Å². The zero-order valence-corrected chi connectivity index (χ0v) is 22.8. The minimum atomic E-state index is 0. The summed E-state index contributed by atoms with van der Waals surface area (Å²) in [4.78, 5) is 25.6. The van der Waals surface area contributed by atoms with E-state index in [1.165, 1.54) is 32.4 Å². The monoisotopic (exact) mass is 535 g/mol. The molecule has 35 heavy (non-hydrogen) atoms. The first kappa shape index (κ1) is 27.7. The summed E-state index contributed by atoms with van der Waals surface area (Å²) in [7, 11) is 2.22. The first-order chi connectivity index (χ1) is 16.1. The molecular weight excluding hydrogens is 501 g/mol. The van der Waals surface area contributed by atoms with Crippen molar-refractivity contribution in [3.05, 3.63) is 41.6 Å². The highest BCUT2D eigenvalue weighted by atomic mass is 35.5. The van der Waals surface area contributed by atoms with Crippen molar-refractivity contribution in [3.63, 3.8) is 0 Å². The molecule has 1 atom stereocenters. The first-order valence-electron chi connectivity index (χ1n) is 12.2. The summed E-state index contributed by atoms with van der Waals surface area (Å²) < 4.78 is 1.11. The number of hydrogen-bond donors (Lipinski definition) is 2. The van der Waals surface area contributed by atoms with Gasteiger partial charge in [-0.25, -0.2) is 9.97 Å². The number of halogens is 2. The van der Waals surface area contributed by atoms with Crippen molar-refractivity contribution >= 4 is 58.1 Å². The summed E-state index contributed by atoms with van der Waals surface area (Å²) in [6.45, 7) is 5.39. The van der Waals surface area contributed by atoms with E-state index in [4.69, 9.17) is 4.98 Å². The van der Waals surface area contributed by atoms with Crippen LogP contribution >= 0.6 is 36.2 Å². The molecule has 9 heteroatoms. The van der Waals surface area contributed by atoms with Crippen molar-refractivity contribution < 1.29 is 4.79 Å². The van der Waals surface area contributed by atoms with Crippen molar-refractivity contribution in [3.8, 4) is 10.6 Å². The van der Waals surface area contributed by atoms with E-state index in [0.29, 0.717) is 12.0 Å². The molecule has 2 fully saturated rings. The number of nitrogens with zero attached hydrogens (tertiary/aromatic N) is 3. The number of carbonyl (C=O) groups excluding carboxylic acids is 1. The fourth-order valence-electron chi connectivity index (χ4n) is 4.74. The Hall–Kier alpha value is -1.93. The van der Waals surface area contributed by atoms with Gasteiger partial charge in [-0.15, -0.1) is 36.2 Å². The summed E-state index contributed by atoms with van der Waals surface area (Å²) >= 11 is 1.68. The molecule has 1 saturated carbocycles. The first-order valence-corrected chi connectivity index (χ1v) is 13.0. The number of carbonyl (C=O) groups is 1. The molecule has 2 aromatic heterocycles. The van der Waals surface area contributed by atoms with Gasteiger partial charge in [-0.1, -0.05) is 6.07 Å². The topological polar surface area (TPSA) is 70.2 Å². The molecule has 6 nitrogen and oxygen atoms in total. The van der Waals surface area contributed by atoms with E-state index >= 15 is 0 Å². The lowest BCUT2D eigenvalue weighted by Gasteiger charge is -2.29. The number of likely N-dealkylation sites (tertiary alicyclic amines) is 1. The lowest BCUT2D eigenvalue weighted by atomic mass is 9.94. The van der Waals surface area contributed by atoms with Gasteiger partial charge in [0.05, 0.1) is 10.6 Å². The number of hydrogen-bond acceptors (Lipinski definition) is 6. The highest BCUT2D eigenvalue weighted by molar-refractivity contribution is 7.22. The van der Waals surface area contributed by atoms with Crippen LogP contribution < -0.4 is 10.6 Å². The van der Waals surface area contributed by atoms with Crippen molar-refractivity contribution in [2.45, 2.75) is 51.5 Å². The smallest absolute Gasteiger partial charge is 0.252 e. The maximum atomic E-state index is 12.7. The molecule has 1 unspecified atom stereocenters. The third-order valence-corrected chi connectivity index (χ3v) is 7.83. The molecule has 1 saturated heterocycles. The maximum absolute atomic E-state index is 12.7. The molecule has 0 spiro atoms. The summed E-state index contributed by atoms with van der Waals surface area (Å²) in [5, 5.41) is 7.54. The van der Waals surface area contributed by atoms with Crippen LogP contribution in [0.1, 0.15) is 54.4 Å². The molecule has 5 rings (SSSR count). The second-order valence-electron chi connectivity index (χ2n) is 9.64. The van der Waals surface area contributed by atoms with Crippen LogP contribution in [0, 0.1) is 12.8 Å². The van der Waals surface area contributed by atoms with Crippen LogP contribution in [-0.2, 0) is 0 Å². The molecular formula is C26H35Cl2N5OS. The van der Waals surface area contributed by atoms with E-state index < -0.39 is 0 Å². The Morgan fingerprint density at radius 3 is 2.83 bits per heavy atom. The Morgan fingerprint density at radius 1 is 1.23 bits per heavy atom. The number of piperidine rings is 1. The molecule has 2 N–H and O–H groups in total. The zero-order valence-electron chi connectivity index (χ0n) is 20.4. The van der Waals surface area contributed by atoms with Crippen LogP contribution in [0.2, 0.25) is 0 Å². The largest absolute Gasteiger partial charge is 0.354 e. The van der Waals surface area contributed by atoms with Crippen molar-refractivity contribution in [1.29, 1.82) is 0 Å². The number of nitrogens with one attached hydrogen (secondary N) is 2. The number of fused-ring (bicyclic) bond motifs is 1. The van der Waals surface area contributed by atoms with Crippen molar-refractivity contribution in [2.75, 3.05) is 32.0 Å². The van der Waals surface area contributed by atoms with Gasteiger partial charge >= 0.3 is 0 Å². The summed E-state index contributed by atoms with van der Waals surface area (Å²) in [5.41, 5.74) is 2.73. The number of amides is 1. The van der Waals surface area contributed by atoms with Gasteiger partial charge in [-0.3, -0.25) is 4.79 Å². The quantitative estimate of drug-likeness (QED) is 0.349. The summed E-state index contributed by atoms with van der Waals surface area (Å²) in [6, 6.07) is 8.42. The molecule has 1 aliphatic heterocycles. The van der Waals surface area contributed by atoms with Gasteiger partial charge in [0.2, 0.25) is 5.95 Å². The molecule has 3 aromatic rings.